The van der Waals surface area contributed by atoms with E-state index in [2.05, 4.69) is 35.3 Å². The van der Waals surface area contributed by atoms with Gasteiger partial charge in [0.1, 0.15) is 0 Å². The van der Waals surface area contributed by atoms with Gasteiger partial charge in [-0.1, -0.05) is 0 Å². The van der Waals surface area contributed by atoms with Gasteiger partial charge in [-0.25, -0.2) is 0 Å². The van der Waals surface area contributed by atoms with Gasteiger partial charge in [0.25, 0.3) is 0 Å². The summed E-state index contributed by atoms with van der Waals surface area (Å²) in [6, 6.07) is 0. The highest BCUT2D eigenvalue weighted by atomic mass is 32.2. The van der Waals surface area contributed by atoms with Crippen LogP contribution in [0.15, 0.2) is 0 Å². The van der Waals surface area contributed by atoms with Gasteiger partial charge in [-0.15, -0.1) is 0 Å². The van der Waals surface area contributed by atoms with E-state index in [0.717, 1.165) is 0 Å². The van der Waals surface area contributed by atoms with Crippen LogP contribution in [0, 0.1) is 0 Å². The van der Waals surface area contributed by atoms with E-state index in [1.165, 1.54) is 73.0 Å². The SMILES string of the molecule is C1CCSC1.C1CCSC1.C1CCSC1. The Morgan fingerprint density at radius 2 is 0.533 bits per heavy atom. The second kappa shape index (κ2) is 11.5. The van der Waals surface area contributed by atoms with Crippen LogP contribution >= 0.6 is 35.3 Å². The molecule has 3 rings (SSSR count). The summed E-state index contributed by atoms with van der Waals surface area (Å²) in [5.74, 6) is 8.50. The van der Waals surface area contributed by atoms with Gasteiger partial charge in [0.15, 0.2) is 0 Å². The highest BCUT2D eigenvalue weighted by Crippen LogP contribution is 2.15. The van der Waals surface area contributed by atoms with Gasteiger partial charge in [0.05, 0.1) is 0 Å². The van der Waals surface area contributed by atoms with Gasteiger partial charge >= 0.3 is 0 Å². The maximum atomic E-state index is 2.07. The van der Waals surface area contributed by atoms with Crippen molar-refractivity contribution in [2.75, 3.05) is 34.5 Å². The van der Waals surface area contributed by atoms with Gasteiger partial charge in [0.2, 0.25) is 0 Å². The average Bonchev–Trinajstić information content (AvgIpc) is 3.09. The Morgan fingerprint density at radius 1 is 0.333 bits per heavy atom. The summed E-state index contributed by atoms with van der Waals surface area (Å²) in [5.41, 5.74) is 0. The van der Waals surface area contributed by atoms with Gasteiger partial charge in [-0.3, -0.25) is 0 Å². The van der Waals surface area contributed by atoms with Crippen LogP contribution in [0.25, 0.3) is 0 Å². The van der Waals surface area contributed by atoms with Crippen molar-refractivity contribution in [1.82, 2.24) is 0 Å². The lowest BCUT2D eigenvalue weighted by molar-refractivity contribution is 0.949. The molecule has 0 aliphatic carbocycles. The number of rotatable bonds is 0. The van der Waals surface area contributed by atoms with E-state index in [4.69, 9.17) is 0 Å². The highest BCUT2D eigenvalue weighted by Gasteiger charge is 1.96. The first kappa shape index (κ1) is 14.1. The first-order valence-electron chi connectivity index (χ1n) is 6.23. The molecular formula is C12H24S3. The molecule has 0 atom stereocenters. The Bertz CT molecular complexity index is 69.4. The van der Waals surface area contributed by atoms with Crippen molar-refractivity contribution >= 4 is 35.3 Å². The third-order valence-electron chi connectivity index (χ3n) is 2.48. The zero-order valence-corrected chi connectivity index (χ0v) is 12.2. The van der Waals surface area contributed by atoms with Crippen LogP contribution in [-0.4, -0.2) is 34.5 Å². The van der Waals surface area contributed by atoms with E-state index in [-0.39, 0.29) is 0 Å². The van der Waals surface area contributed by atoms with E-state index in [9.17, 15) is 0 Å². The van der Waals surface area contributed by atoms with Crippen LogP contribution < -0.4 is 0 Å². The van der Waals surface area contributed by atoms with Crippen molar-refractivity contribution in [2.45, 2.75) is 38.5 Å². The molecule has 3 heteroatoms. The summed E-state index contributed by atoms with van der Waals surface area (Å²) >= 11 is 6.22. The Kier molecular flexibility index (Phi) is 10.9. The van der Waals surface area contributed by atoms with Crippen LogP contribution in [0.1, 0.15) is 38.5 Å². The summed E-state index contributed by atoms with van der Waals surface area (Å²) in [5, 5.41) is 0. The molecule has 3 aliphatic heterocycles. The fourth-order valence-electron chi connectivity index (χ4n) is 1.53. The molecule has 3 fully saturated rings. The fraction of sp³-hybridized carbons (Fsp3) is 1.00. The molecule has 0 saturated carbocycles. The maximum absolute atomic E-state index is 2.07. The third-order valence-corrected chi connectivity index (χ3v) is 5.95. The predicted molar refractivity (Wildman–Crippen MR) is 79.7 cm³/mol. The van der Waals surface area contributed by atoms with E-state index >= 15 is 0 Å². The third kappa shape index (κ3) is 9.95. The van der Waals surface area contributed by atoms with Crippen LogP contribution in [-0.2, 0) is 0 Å². The molecule has 0 aromatic carbocycles. The zero-order valence-electron chi connectivity index (χ0n) is 9.71. The monoisotopic (exact) mass is 264 g/mol. The largest absolute Gasteiger partial charge is 0.162 e. The molecule has 0 aromatic heterocycles. The summed E-state index contributed by atoms with van der Waals surface area (Å²) in [4.78, 5) is 0. The molecule has 90 valence electrons. The highest BCUT2D eigenvalue weighted by molar-refractivity contribution is 7.99. The normalized spacial score (nSPS) is 24.0. The molecule has 0 N–H and O–H groups in total. The Labute approximate surface area is 108 Å². The maximum Gasteiger partial charge on any atom is -0.00672 e. The molecule has 0 spiro atoms. The predicted octanol–water partition coefficient (Wildman–Crippen LogP) is 4.54. The van der Waals surface area contributed by atoms with Gasteiger partial charge in [-0.05, 0) is 73.0 Å². The lowest BCUT2D eigenvalue weighted by Gasteiger charge is -1.69. The summed E-state index contributed by atoms with van der Waals surface area (Å²) in [7, 11) is 0. The minimum absolute atomic E-state index is 1.42. The van der Waals surface area contributed by atoms with Crippen LogP contribution in [0.2, 0.25) is 0 Å². The second-order valence-electron chi connectivity index (χ2n) is 3.96. The van der Waals surface area contributed by atoms with Crippen molar-refractivity contribution in [3.63, 3.8) is 0 Å². The van der Waals surface area contributed by atoms with Gasteiger partial charge < -0.3 is 0 Å². The minimum atomic E-state index is 1.42. The Hall–Kier alpha value is 1.05. The molecule has 0 nitrogen and oxygen atoms in total. The summed E-state index contributed by atoms with van der Waals surface area (Å²) in [6.07, 6.45) is 8.78. The molecule has 0 aromatic rings. The van der Waals surface area contributed by atoms with Crippen LogP contribution in [0.4, 0.5) is 0 Å². The minimum Gasteiger partial charge on any atom is -0.162 e. The van der Waals surface area contributed by atoms with Crippen molar-refractivity contribution in [2.24, 2.45) is 0 Å². The van der Waals surface area contributed by atoms with E-state index in [1.807, 2.05) is 0 Å². The van der Waals surface area contributed by atoms with Crippen LogP contribution in [0.3, 0.4) is 0 Å². The summed E-state index contributed by atoms with van der Waals surface area (Å²) < 4.78 is 0. The Morgan fingerprint density at radius 3 is 0.600 bits per heavy atom. The molecular weight excluding hydrogens is 240 g/mol. The van der Waals surface area contributed by atoms with E-state index in [0.29, 0.717) is 0 Å². The molecule has 15 heavy (non-hydrogen) atoms. The zero-order chi connectivity index (χ0) is 10.6. The molecule has 0 amide bonds. The number of hydrogen-bond acceptors (Lipinski definition) is 3. The lowest BCUT2D eigenvalue weighted by Crippen LogP contribution is -1.58. The Balaban J connectivity index is 0.000000112. The van der Waals surface area contributed by atoms with Crippen molar-refractivity contribution < 1.29 is 0 Å². The average molecular weight is 265 g/mol. The number of hydrogen-bond donors (Lipinski definition) is 0. The van der Waals surface area contributed by atoms with Gasteiger partial charge in [-0.2, -0.15) is 35.3 Å². The topological polar surface area (TPSA) is 0 Å². The fourth-order valence-corrected chi connectivity index (χ4v) is 4.59. The van der Waals surface area contributed by atoms with E-state index in [1.54, 1.807) is 0 Å². The molecule has 0 radical (unpaired) electrons. The molecule has 3 aliphatic rings. The first-order chi connectivity index (χ1) is 7.50. The molecule has 0 unspecified atom stereocenters. The van der Waals surface area contributed by atoms with E-state index < -0.39 is 0 Å². The lowest BCUT2D eigenvalue weighted by atomic mass is 10.4. The smallest absolute Gasteiger partial charge is 0.00672 e. The first-order valence-corrected chi connectivity index (χ1v) is 9.70. The molecule has 0 bridgehead atoms. The van der Waals surface area contributed by atoms with Crippen molar-refractivity contribution in [3.8, 4) is 0 Å². The van der Waals surface area contributed by atoms with Gasteiger partial charge in [0, 0.05) is 0 Å². The quantitative estimate of drug-likeness (QED) is 0.630. The van der Waals surface area contributed by atoms with Crippen LogP contribution in [0.5, 0.6) is 0 Å². The second-order valence-corrected chi connectivity index (χ2v) is 7.63. The van der Waals surface area contributed by atoms with Crippen molar-refractivity contribution in [3.05, 3.63) is 0 Å². The molecule has 3 saturated heterocycles. The molecule has 3 heterocycles. The number of thioether (sulfide) groups is 3. The summed E-state index contributed by atoms with van der Waals surface area (Å²) in [6.45, 7) is 0. The van der Waals surface area contributed by atoms with Crippen molar-refractivity contribution in [1.29, 1.82) is 0 Å². The standard InChI is InChI=1S/3C4H8S/c3*1-2-4-5-3-1/h3*1-4H2.